The van der Waals surface area contributed by atoms with Crippen molar-refractivity contribution in [3.05, 3.63) is 29.8 Å². The predicted molar refractivity (Wildman–Crippen MR) is 86.1 cm³/mol. The molecule has 4 nitrogen and oxygen atoms in total. The summed E-state index contributed by atoms with van der Waals surface area (Å²) >= 11 is 0. The minimum Gasteiger partial charge on any atom is -0.497 e. The topological polar surface area (TPSA) is 33.7 Å². The Bertz CT molecular complexity index is 417. The molecule has 0 aromatic heterocycles. The Kier molecular flexibility index (Phi) is 6.49. The van der Waals surface area contributed by atoms with E-state index in [1.54, 1.807) is 7.11 Å². The van der Waals surface area contributed by atoms with Crippen molar-refractivity contribution in [3.8, 4) is 5.75 Å². The molecule has 1 aromatic rings. The fourth-order valence-corrected chi connectivity index (χ4v) is 2.64. The van der Waals surface area contributed by atoms with E-state index in [1.165, 1.54) is 18.4 Å². The van der Waals surface area contributed by atoms with Crippen molar-refractivity contribution in [2.75, 3.05) is 47.5 Å². The lowest BCUT2D eigenvalue weighted by Gasteiger charge is -2.36. The Morgan fingerprint density at radius 1 is 1.24 bits per heavy atom. The van der Waals surface area contributed by atoms with E-state index < -0.39 is 0 Å². The molecule has 1 aliphatic carbocycles. The minimum atomic E-state index is 0.638. The maximum Gasteiger partial charge on any atom is 0.119 e. The number of hydrogen-bond acceptors (Lipinski definition) is 4. The second kappa shape index (κ2) is 8.37. The molecule has 2 rings (SSSR count). The number of nitrogens with zero attached hydrogens (tertiary/aromatic N) is 1. The van der Waals surface area contributed by atoms with Crippen LogP contribution in [0.4, 0.5) is 0 Å². The maximum absolute atomic E-state index is 5.58. The van der Waals surface area contributed by atoms with Gasteiger partial charge in [0.1, 0.15) is 5.75 Å². The van der Waals surface area contributed by atoms with Gasteiger partial charge in [0.05, 0.1) is 20.3 Å². The lowest BCUT2D eigenvalue weighted by atomic mass is 9.76. The zero-order chi connectivity index (χ0) is 15.1. The van der Waals surface area contributed by atoms with Crippen LogP contribution in [0.5, 0.6) is 5.75 Å². The normalized spacial score (nSPS) is 21.3. The van der Waals surface area contributed by atoms with Gasteiger partial charge in [-0.1, -0.05) is 12.1 Å². The van der Waals surface area contributed by atoms with Gasteiger partial charge in [-0.25, -0.2) is 0 Å². The number of methoxy groups -OCH3 is 1. The lowest BCUT2D eigenvalue weighted by Crippen LogP contribution is -2.41. The molecule has 0 spiro atoms. The molecular weight excluding hydrogens is 264 g/mol. The van der Waals surface area contributed by atoms with E-state index in [0.29, 0.717) is 12.0 Å². The van der Waals surface area contributed by atoms with Crippen molar-refractivity contribution in [2.45, 2.75) is 24.8 Å². The van der Waals surface area contributed by atoms with Crippen molar-refractivity contribution < 1.29 is 9.47 Å². The molecule has 0 heterocycles. The summed E-state index contributed by atoms with van der Waals surface area (Å²) in [6, 6.07) is 9.08. The number of benzene rings is 1. The van der Waals surface area contributed by atoms with E-state index in [2.05, 4.69) is 42.5 Å². The van der Waals surface area contributed by atoms with Crippen molar-refractivity contribution in [2.24, 2.45) is 0 Å². The first-order valence-electron chi connectivity index (χ1n) is 7.79. The quantitative estimate of drug-likeness (QED) is 0.707. The van der Waals surface area contributed by atoms with Gasteiger partial charge in [0.2, 0.25) is 0 Å². The van der Waals surface area contributed by atoms with Gasteiger partial charge in [-0.15, -0.1) is 0 Å². The first-order chi connectivity index (χ1) is 10.2. The van der Waals surface area contributed by atoms with Gasteiger partial charge < -0.3 is 19.7 Å². The van der Waals surface area contributed by atoms with Crippen LogP contribution in [0.3, 0.4) is 0 Å². The second-order valence-electron chi connectivity index (χ2n) is 6.01. The first kappa shape index (κ1) is 16.3. The molecule has 118 valence electrons. The molecule has 0 radical (unpaired) electrons. The van der Waals surface area contributed by atoms with E-state index in [-0.39, 0.29) is 0 Å². The smallest absolute Gasteiger partial charge is 0.119 e. The number of hydrogen-bond donors (Lipinski definition) is 1. The van der Waals surface area contributed by atoms with Crippen LogP contribution in [-0.2, 0) is 4.74 Å². The third kappa shape index (κ3) is 5.30. The summed E-state index contributed by atoms with van der Waals surface area (Å²) in [6.45, 7) is 3.55. The van der Waals surface area contributed by atoms with E-state index in [9.17, 15) is 0 Å². The largest absolute Gasteiger partial charge is 0.497 e. The van der Waals surface area contributed by atoms with Crippen molar-refractivity contribution in [1.82, 2.24) is 10.2 Å². The summed E-state index contributed by atoms with van der Waals surface area (Å²) < 4.78 is 10.9. The Balaban J connectivity index is 1.57. The fraction of sp³-hybridized carbons (Fsp3) is 0.647. The highest BCUT2D eigenvalue weighted by Gasteiger charge is 2.29. The van der Waals surface area contributed by atoms with Crippen LogP contribution in [0.25, 0.3) is 0 Å². The standard InChI is InChI=1S/C17H28N2O2/c1-19(2)8-10-21-9-7-18-16-11-15(12-16)14-5-4-6-17(13-14)20-3/h4-6,13,15-16,18H,7-12H2,1-3H3. The summed E-state index contributed by atoms with van der Waals surface area (Å²) in [5.41, 5.74) is 1.40. The van der Waals surface area contributed by atoms with E-state index in [4.69, 9.17) is 9.47 Å². The van der Waals surface area contributed by atoms with Crippen LogP contribution in [0.1, 0.15) is 24.3 Å². The van der Waals surface area contributed by atoms with Gasteiger partial charge in [-0.05, 0) is 50.6 Å². The van der Waals surface area contributed by atoms with Gasteiger partial charge in [0, 0.05) is 19.1 Å². The van der Waals surface area contributed by atoms with E-state index in [0.717, 1.165) is 32.1 Å². The molecule has 1 aliphatic rings. The highest BCUT2D eigenvalue weighted by molar-refractivity contribution is 5.32. The van der Waals surface area contributed by atoms with Crippen LogP contribution in [0.15, 0.2) is 24.3 Å². The molecule has 1 N–H and O–H groups in total. The molecule has 1 aromatic carbocycles. The van der Waals surface area contributed by atoms with E-state index in [1.807, 2.05) is 6.07 Å². The van der Waals surface area contributed by atoms with Crippen molar-refractivity contribution in [3.63, 3.8) is 0 Å². The van der Waals surface area contributed by atoms with Crippen LogP contribution >= 0.6 is 0 Å². The van der Waals surface area contributed by atoms with Gasteiger partial charge in [-0.3, -0.25) is 0 Å². The highest BCUT2D eigenvalue weighted by Crippen LogP contribution is 2.37. The molecule has 0 amide bonds. The predicted octanol–water partition coefficient (Wildman–Crippen LogP) is 2.11. The van der Waals surface area contributed by atoms with Crippen LogP contribution in [0.2, 0.25) is 0 Å². The average Bonchev–Trinajstić information content (AvgIpc) is 2.44. The Hall–Kier alpha value is -1.10. The Morgan fingerprint density at radius 3 is 2.76 bits per heavy atom. The number of likely N-dealkylation sites (N-methyl/N-ethyl adjacent to an activating group) is 1. The zero-order valence-corrected chi connectivity index (χ0v) is 13.5. The SMILES string of the molecule is COc1cccc(C2CC(NCCOCCN(C)C)C2)c1. The first-order valence-corrected chi connectivity index (χ1v) is 7.79. The molecule has 0 aliphatic heterocycles. The van der Waals surface area contributed by atoms with Crippen molar-refractivity contribution >= 4 is 0 Å². The summed E-state index contributed by atoms with van der Waals surface area (Å²) in [5.74, 6) is 1.63. The fourth-order valence-electron chi connectivity index (χ4n) is 2.64. The van der Waals surface area contributed by atoms with Gasteiger partial charge >= 0.3 is 0 Å². The molecule has 0 saturated heterocycles. The van der Waals surface area contributed by atoms with Crippen molar-refractivity contribution in [1.29, 1.82) is 0 Å². The molecule has 0 unspecified atom stereocenters. The average molecular weight is 292 g/mol. The maximum atomic E-state index is 5.58. The molecule has 0 bridgehead atoms. The number of ether oxygens (including phenoxy) is 2. The summed E-state index contributed by atoms with van der Waals surface area (Å²) in [6.07, 6.45) is 2.43. The third-order valence-corrected chi connectivity index (χ3v) is 4.07. The summed E-state index contributed by atoms with van der Waals surface area (Å²) in [4.78, 5) is 2.14. The highest BCUT2D eigenvalue weighted by atomic mass is 16.5. The number of rotatable bonds is 9. The third-order valence-electron chi connectivity index (χ3n) is 4.07. The molecule has 1 saturated carbocycles. The zero-order valence-electron chi connectivity index (χ0n) is 13.5. The van der Waals surface area contributed by atoms with Gasteiger partial charge in [0.15, 0.2) is 0 Å². The number of nitrogens with one attached hydrogen (secondary N) is 1. The Labute approximate surface area is 128 Å². The van der Waals surface area contributed by atoms with E-state index >= 15 is 0 Å². The Morgan fingerprint density at radius 2 is 2.05 bits per heavy atom. The lowest BCUT2D eigenvalue weighted by molar-refractivity contribution is 0.114. The molecule has 1 fully saturated rings. The minimum absolute atomic E-state index is 0.638. The monoisotopic (exact) mass is 292 g/mol. The molecular formula is C17H28N2O2. The summed E-state index contributed by atoms with van der Waals surface area (Å²) in [5, 5.41) is 3.57. The molecule has 0 atom stereocenters. The van der Waals surface area contributed by atoms with Gasteiger partial charge in [0.25, 0.3) is 0 Å². The molecule has 4 heteroatoms. The van der Waals surface area contributed by atoms with Crippen LogP contribution < -0.4 is 10.1 Å². The molecule has 21 heavy (non-hydrogen) atoms. The second-order valence-corrected chi connectivity index (χ2v) is 6.01. The van der Waals surface area contributed by atoms with Gasteiger partial charge in [-0.2, -0.15) is 0 Å². The van der Waals surface area contributed by atoms with Crippen LogP contribution in [-0.4, -0.2) is 58.5 Å². The summed E-state index contributed by atoms with van der Waals surface area (Å²) in [7, 11) is 5.85. The van der Waals surface area contributed by atoms with Crippen LogP contribution in [0, 0.1) is 0 Å².